The zero-order chi connectivity index (χ0) is 18.5. The van der Waals surface area contributed by atoms with Crippen molar-refractivity contribution in [1.29, 1.82) is 0 Å². The molecule has 0 atom stereocenters. The van der Waals surface area contributed by atoms with E-state index in [9.17, 15) is 18.0 Å². The van der Waals surface area contributed by atoms with Gasteiger partial charge in [-0.1, -0.05) is 36.8 Å². The molecule has 7 nitrogen and oxygen atoms in total. The summed E-state index contributed by atoms with van der Waals surface area (Å²) in [5.74, 6) is -1.10. The van der Waals surface area contributed by atoms with Gasteiger partial charge in [0.15, 0.2) is 0 Å². The van der Waals surface area contributed by atoms with Crippen LogP contribution in [0.3, 0.4) is 0 Å². The van der Waals surface area contributed by atoms with Crippen LogP contribution in [0.2, 0.25) is 0 Å². The normalized spacial score (nSPS) is 11.1. The van der Waals surface area contributed by atoms with Crippen molar-refractivity contribution in [2.24, 2.45) is 0 Å². The van der Waals surface area contributed by atoms with Crippen LogP contribution in [0.25, 0.3) is 0 Å². The number of carbonyl (C=O) groups excluding carboxylic acids is 2. The molecule has 0 aliphatic rings. The molecular formula is C17H25NO6S. The van der Waals surface area contributed by atoms with Gasteiger partial charge in [0.05, 0.1) is 19.3 Å². The number of carbonyl (C=O) groups is 2. The smallest absolute Gasteiger partial charge is 0.306 e. The summed E-state index contributed by atoms with van der Waals surface area (Å²) >= 11 is 0. The van der Waals surface area contributed by atoms with Gasteiger partial charge in [0.25, 0.3) is 0 Å². The monoisotopic (exact) mass is 371 g/mol. The van der Waals surface area contributed by atoms with Crippen molar-refractivity contribution < 1.29 is 27.5 Å². The van der Waals surface area contributed by atoms with Crippen molar-refractivity contribution in [3.8, 4) is 0 Å². The van der Waals surface area contributed by atoms with E-state index in [1.807, 2.05) is 30.3 Å². The van der Waals surface area contributed by atoms with Crippen molar-refractivity contribution >= 4 is 22.0 Å². The Morgan fingerprint density at radius 3 is 2.40 bits per heavy atom. The predicted molar refractivity (Wildman–Crippen MR) is 93.1 cm³/mol. The first-order valence-corrected chi connectivity index (χ1v) is 9.82. The number of hydrogen-bond donors (Lipinski definition) is 1. The van der Waals surface area contributed by atoms with Crippen LogP contribution < -0.4 is 4.72 Å². The first-order chi connectivity index (χ1) is 11.9. The molecule has 1 rings (SSSR count). The molecule has 0 amide bonds. The van der Waals surface area contributed by atoms with Crippen LogP contribution in [0.5, 0.6) is 0 Å². The van der Waals surface area contributed by atoms with Gasteiger partial charge in [0.1, 0.15) is 6.61 Å². The lowest BCUT2D eigenvalue weighted by Crippen LogP contribution is -2.28. The summed E-state index contributed by atoms with van der Waals surface area (Å²) in [7, 11) is -2.26. The fraction of sp³-hybridized carbons (Fsp3) is 0.529. The molecule has 0 aliphatic heterocycles. The molecule has 0 unspecified atom stereocenters. The summed E-state index contributed by atoms with van der Waals surface area (Å²) in [4.78, 5) is 22.5. The fourth-order valence-electron chi connectivity index (χ4n) is 2.00. The van der Waals surface area contributed by atoms with Gasteiger partial charge in [-0.2, -0.15) is 0 Å². The minimum atomic E-state index is -3.47. The van der Waals surface area contributed by atoms with Gasteiger partial charge in [0, 0.05) is 13.0 Å². The number of rotatable bonds is 12. The van der Waals surface area contributed by atoms with E-state index >= 15 is 0 Å². The van der Waals surface area contributed by atoms with Gasteiger partial charge >= 0.3 is 11.9 Å². The minimum absolute atomic E-state index is 0.168. The highest BCUT2D eigenvalue weighted by molar-refractivity contribution is 7.89. The Kier molecular flexibility index (Phi) is 9.79. The molecule has 0 spiro atoms. The van der Waals surface area contributed by atoms with E-state index in [1.54, 1.807) is 0 Å². The fourth-order valence-corrected chi connectivity index (χ4v) is 3.04. The molecule has 0 saturated carbocycles. The molecule has 0 fully saturated rings. The number of ether oxygens (including phenoxy) is 2. The number of sulfonamides is 1. The Balaban J connectivity index is 2.05. The van der Waals surface area contributed by atoms with Gasteiger partial charge in [-0.05, 0) is 18.4 Å². The zero-order valence-corrected chi connectivity index (χ0v) is 15.2. The number of hydrogen-bond acceptors (Lipinski definition) is 6. The molecule has 0 saturated heterocycles. The van der Waals surface area contributed by atoms with E-state index in [-0.39, 0.29) is 31.3 Å². The maximum atomic E-state index is 11.6. The van der Waals surface area contributed by atoms with E-state index in [1.165, 1.54) is 7.11 Å². The molecule has 0 aliphatic carbocycles. The molecule has 0 aromatic heterocycles. The first-order valence-electron chi connectivity index (χ1n) is 8.16. The van der Waals surface area contributed by atoms with E-state index < -0.39 is 16.0 Å². The third kappa shape index (κ3) is 10.5. The Morgan fingerprint density at radius 1 is 1.00 bits per heavy atom. The maximum absolute atomic E-state index is 11.6. The summed E-state index contributed by atoms with van der Waals surface area (Å²) in [6.07, 6.45) is 2.10. The largest absolute Gasteiger partial charge is 0.469 e. The third-order valence-corrected chi connectivity index (χ3v) is 4.81. The summed E-state index contributed by atoms with van der Waals surface area (Å²) in [5.41, 5.74) is 0.942. The second-order valence-electron chi connectivity index (χ2n) is 5.50. The molecule has 0 bridgehead atoms. The first kappa shape index (κ1) is 21.1. The zero-order valence-electron chi connectivity index (χ0n) is 14.4. The molecule has 8 heteroatoms. The van der Waals surface area contributed by atoms with E-state index in [2.05, 4.69) is 9.46 Å². The van der Waals surface area contributed by atoms with Crippen molar-refractivity contribution in [2.75, 3.05) is 19.4 Å². The van der Waals surface area contributed by atoms with Crippen LogP contribution >= 0.6 is 0 Å². The van der Waals surface area contributed by atoms with Gasteiger partial charge in [-0.25, -0.2) is 13.1 Å². The number of nitrogens with one attached hydrogen (secondary N) is 1. The second-order valence-corrected chi connectivity index (χ2v) is 7.42. The molecule has 0 radical (unpaired) electrons. The van der Waals surface area contributed by atoms with Gasteiger partial charge < -0.3 is 9.47 Å². The summed E-state index contributed by atoms with van der Waals surface area (Å²) in [6.45, 7) is 0.544. The number of benzene rings is 1. The highest BCUT2D eigenvalue weighted by Gasteiger charge is 2.12. The second kappa shape index (κ2) is 11.6. The highest BCUT2D eigenvalue weighted by atomic mass is 32.2. The predicted octanol–water partition coefficient (Wildman–Crippen LogP) is 1.77. The quantitative estimate of drug-likeness (QED) is 0.444. The van der Waals surface area contributed by atoms with Crippen molar-refractivity contribution in [3.05, 3.63) is 35.9 Å². The summed E-state index contributed by atoms with van der Waals surface area (Å²) < 4.78 is 35.2. The van der Waals surface area contributed by atoms with Crippen LogP contribution in [-0.2, 0) is 35.7 Å². The minimum Gasteiger partial charge on any atom is -0.469 e. The number of unbranched alkanes of at least 4 members (excludes halogenated alkanes) is 2. The standard InChI is InChI=1S/C17H25NO6S/c1-23-16(19)11-13-25(21,22)18-12-7-3-6-10-17(20)24-14-15-8-4-2-5-9-15/h2,4-5,8-9,18H,3,6-7,10-14H2,1H3. The number of esters is 2. The summed E-state index contributed by atoms with van der Waals surface area (Å²) in [5, 5.41) is 0. The van der Waals surface area contributed by atoms with Crippen LogP contribution in [0.4, 0.5) is 0 Å². The average Bonchev–Trinajstić information content (AvgIpc) is 2.61. The Hall–Kier alpha value is -1.93. The SMILES string of the molecule is COC(=O)CCS(=O)(=O)NCCCCCC(=O)OCc1ccccc1. The lowest BCUT2D eigenvalue weighted by atomic mass is 10.2. The van der Waals surface area contributed by atoms with Crippen LogP contribution in [-0.4, -0.2) is 39.8 Å². The van der Waals surface area contributed by atoms with Gasteiger partial charge in [-0.15, -0.1) is 0 Å². The lowest BCUT2D eigenvalue weighted by Gasteiger charge is -2.07. The lowest BCUT2D eigenvalue weighted by molar-refractivity contribution is -0.145. The van der Waals surface area contributed by atoms with Crippen LogP contribution in [0, 0.1) is 0 Å². The molecule has 1 N–H and O–H groups in total. The topological polar surface area (TPSA) is 98.8 Å². The van der Waals surface area contributed by atoms with Crippen LogP contribution in [0.15, 0.2) is 30.3 Å². The van der Waals surface area contributed by atoms with E-state index in [4.69, 9.17) is 4.74 Å². The molecule has 25 heavy (non-hydrogen) atoms. The Labute approximate surface area is 148 Å². The Bertz CT molecular complexity index is 630. The Morgan fingerprint density at radius 2 is 1.72 bits per heavy atom. The van der Waals surface area contributed by atoms with E-state index in [0.29, 0.717) is 25.7 Å². The van der Waals surface area contributed by atoms with Crippen molar-refractivity contribution in [1.82, 2.24) is 4.72 Å². The highest BCUT2D eigenvalue weighted by Crippen LogP contribution is 2.05. The molecule has 1 aromatic carbocycles. The van der Waals surface area contributed by atoms with E-state index in [0.717, 1.165) is 5.56 Å². The molecule has 1 aromatic rings. The average molecular weight is 371 g/mol. The van der Waals surface area contributed by atoms with Crippen LogP contribution in [0.1, 0.15) is 37.7 Å². The molecule has 140 valence electrons. The van der Waals surface area contributed by atoms with Gasteiger partial charge in [0.2, 0.25) is 10.0 Å². The van der Waals surface area contributed by atoms with Crippen molar-refractivity contribution in [3.63, 3.8) is 0 Å². The summed E-state index contributed by atoms with van der Waals surface area (Å²) in [6, 6.07) is 9.44. The number of methoxy groups -OCH3 is 1. The molecular weight excluding hydrogens is 346 g/mol. The third-order valence-electron chi connectivity index (χ3n) is 3.42. The molecule has 0 heterocycles. The maximum Gasteiger partial charge on any atom is 0.306 e. The van der Waals surface area contributed by atoms with Crippen molar-refractivity contribution in [2.45, 2.75) is 38.7 Å². The van der Waals surface area contributed by atoms with Gasteiger partial charge in [-0.3, -0.25) is 9.59 Å².